The number of nitrogens with one attached hydrogen (secondary N) is 1. The first-order valence-electron chi connectivity index (χ1n) is 8.41. The summed E-state index contributed by atoms with van der Waals surface area (Å²) in [7, 11) is 4.19. The lowest BCUT2D eigenvalue weighted by molar-refractivity contribution is 0.373. The van der Waals surface area contributed by atoms with Crippen LogP contribution in [0.4, 0.5) is 5.13 Å². The number of hydrogen-bond acceptors (Lipinski definition) is 5. The zero-order chi connectivity index (χ0) is 16.9. The van der Waals surface area contributed by atoms with Gasteiger partial charge < -0.3 is 20.0 Å². The van der Waals surface area contributed by atoms with Gasteiger partial charge in [-0.3, -0.25) is 0 Å². The summed E-state index contributed by atoms with van der Waals surface area (Å²) in [6.45, 7) is 5.87. The van der Waals surface area contributed by atoms with Gasteiger partial charge in [0.15, 0.2) is 10.2 Å². The molecule has 1 aromatic heterocycles. The molecule has 1 aromatic carbocycles. The van der Waals surface area contributed by atoms with Gasteiger partial charge in [0.2, 0.25) is 0 Å². The zero-order valence-corrected chi connectivity index (χ0v) is 16.0. The van der Waals surface area contributed by atoms with Crippen molar-refractivity contribution in [1.29, 1.82) is 0 Å². The molecule has 3 rings (SSSR count). The maximum absolute atomic E-state index is 5.53. The number of fused-ring (bicyclic) bond motifs is 1. The molecule has 0 radical (unpaired) electrons. The summed E-state index contributed by atoms with van der Waals surface area (Å²) in [5.74, 6) is 0. The molecule has 24 heavy (non-hydrogen) atoms. The number of piperazine rings is 1. The van der Waals surface area contributed by atoms with Crippen molar-refractivity contribution in [2.45, 2.75) is 6.42 Å². The number of anilines is 1. The second-order valence-electron chi connectivity index (χ2n) is 6.33. The molecule has 1 aliphatic rings. The second-order valence-corrected chi connectivity index (χ2v) is 7.72. The molecule has 2 heterocycles. The maximum Gasteiger partial charge on any atom is 0.186 e. The van der Waals surface area contributed by atoms with E-state index in [1.54, 1.807) is 11.3 Å². The summed E-state index contributed by atoms with van der Waals surface area (Å²) in [5.41, 5.74) is 1.10. The fourth-order valence-corrected chi connectivity index (χ4v) is 4.10. The topological polar surface area (TPSA) is 34.6 Å². The third-order valence-electron chi connectivity index (χ3n) is 4.18. The molecule has 0 unspecified atom stereocenters. The van der Waals surface area contributed by atoms with Crippen molar-refractivity contribution < 1.29 is 0 Å². The summed E-state index contributed by atoms with van der Waals surface area (Å²) in [4.78, 5) is 11.6. The Hall–Kier alpha value is -1.44. The van der Waals surface area contributed by atoms with Crippen molar-refractivity contribution in [2.75, 3.05) is 58.3 Å². The largest absolute Gasteiger partial charge is 0.363 e. The van der Waals surface area contributed by atoms with E-state index in [0.29, 0.717) is 0 Å². The molecule has 0 saturated carbocycles. The van der Waals surface area contributed by atoms with Crippen LogP contribution in [0.3, 0.4) is 0 Å². The van der Waals surface area contributed by atoms with E-state index < -0.39 is 0 Å². The highest BCUT2D eigenvalue weighted by Gasteiger charge is 2.21. The Bertz CT molecular complexity index is 643. The predicted octanol–water partition coefficient (Wildman–Crippen LogP) is 2.24. The van der Waals surface area contributed by atoms with Gasteiger partial charge in [-0.25, -0.2) is 4.98 Å². The summed E-state index contributed by atoms with van der Waals surface area (Å²) in [6.07, 6.45) is 1.11. The molecule has 0 spiro atoms. The molecule has 0 amide bonds. The van der Waals surface area contributed by atoms with E-state index in [2.05, 4.69) is 52.3 Å². The van der Waals surface area contributed by atoms with E-state index in [-0.39, 0.29) is 0 Å². The quantitative estimate of drug-likeness (QED) is 0.648. The molecule has 1 aliphatic heterocycles. The highest BCUT2D eigenvalue weighted by Crippen LogP contribution is 2.29. The summed E-state index contributed by atoms with van der Waals surface area (Å²) in [6, 6.07) is 8.34. The van der Waals surface area contributed by atoms with E-state index in [1.807, 2.05) is 6.07 Å². The fraction of sp³-hybridized carbons (Fsp3) is 0.529. The molecule has 1 fully saturated rings. The lowest BCUT2D eigenvalue weighted by Gasteiger charge is -2.36. The lowest BCUT2D eigenvalue weighted by atomic mass is 10.3. The highest BCUT2D eigenvalue weighted by atomic mass is 32.1. The number of hydrogen-bond donors (Lipinski definition) is 1. The van der Waals surface area contributed by atoms with E-state index >= 15 is 0 Å². The third-order valence-corrected chi connectivity index (χ3v) is 5.68. The number of thiazole rings is 1. The number of thiocarbonyl (C=S) groups is 1. The molecule has 130 valence electrons. The Morgan fingerprint density at radius 3 is 2.71 bits per heavy atom. The maximum atomic E-state index is 5.53. The van der Waals surface area contributed by atoms with Gasteiger partial charge in [0.1, 0.15) is 0 Å². The van der Waals surface area contributed by atoms with Crippen LogP contribution < -0.4 is 10.2 Å². The van der Waals surface area contributed by atoms with Crippen molar-refractivity contribution in [2.24, 2.45) is 0 Å². The fourth-order valence-electron chi connectivity index (χ4n) is 2.80. The van der Waals surface area contributed by atoms with Crippen LogP contribution in [0.2, 0.25) is 0 Å². The predicted molar refractivity (Wildman–Crippen MR) is 107 cm³/mol. The number of aromatic nitrogens is 1. The standard InChI is InChI=1S/C17H25N5S2/c1-20(2)9-5-8-18-16(23)21-10-12-22(13-11-21)17-19-14-6-3-4-7-15(14)24-17/h3-4,6-7H,5,8-13H2,1-2H3,(H,18,23). The Balaban J connectivity index is 1.47. The van der Waals surface area contributed by atoms with Crippen molar-refractivity contribution >= 4 is 44.0 Å². The SMILES string of the molecule is CN(C)CCCNC(=S)N1CCN(c2nc3ccccc3s2)CC1. The van der Waals surface area contributed by atoms with Crippen LogP contribution in [0.25, 0.3) is 10.2 Å². The normalized spacial score (nSPS) is 15.3. The van der Waals surface area contributed by atoms with Gasteiger partial charge in [0, 0.05) is 32.7 Å². The zero-order valence-electron chi connectivity index (χ0n) is 14.4. The van der Waals surface area contributed by atoms with Crippen molar-refractivity contribution in [3.05, 3.63) is 24.3 Å². The van der Waals surface area contributed by atoms with Gasteiger partial charge in [0.25, 0.3) is 0 Å². The Labute approximate surface area is 153 Å². The lowest BCUT2D eigenvalue weighted by Crippen LogP contribution is -2.52. The molecule has 0 atom stereocenters. The first-order chi connectivity index (χ1) is 11.6. The van der Waals surface area contributed by atoms with Crippen LogP contribution in [0.1, 0.15) is 6.42 Å². The van der Waals surface area contributed by atoms with Gasteiger partial charge in [-0.15, -0.1) is 0 Å². The molecular weight excluding hydrogens is 338 g/mol. The Morgan fingerprint density at radius 2 is 2.00 bits per heavy atom. The van der Waals surface area contributed by atoms with E-state index in [4.69, 9.17) is 17.2 Å². The van der Waals surface area contributed by atoms with Gasteiger partial charge in [-0.1, -0.05) is 23.5 Å². The molecule has 7 heteroatoms. The molecular formula is C17H25N5S2. The Kier molecular flexibility index (Phi) is 5.86. The van der Waals surface area contributed by atoms with Crippen LogP contribution in [0.15, 0.2) is 24.3 Å². The average Bonchev–Trinajstić information content (AvgIpc) is 3.02. The third kappa shape index (κ3) is 4.34. The summed E-state index contributed by atoms with van der Waals surface area (Å²) < 4.78 is 1.26. The minimum Gasteiger partial charge on any atom is -0.363 e. The first-order valence-corrected chi connectivity index (χ1v) is 9.64. The number of rotatable bonds is 5. The van der Waals surface area contributed by atoms with Crippen LogP contribution >= 0.6 is 23.6 Å². The second kappa shape index (κ2) is 8.09. The van der Waals surface area contributed by atoms with E-state index in [9.17, 15) is 0 Å². The van der Waals surface area contributed by atoms with Crippen LogP contribution in [-0.2, 0) is 0 Å². The number of nitrogens with zero attached hydrogens (tertiary/aromatic N) is 4. The molecule has 0 bridgehead atoms. The molecule has 1 saturated heterocycles. The van der Waals surface area contributed by atoms with Crippen LogP contribution in [-0.4, -0.2) is 73.3 Å². The van der Waals surface area contributed by atoms with Gasteiger partial charge >= 0.3 is 0 Å². The highest BCUT2D eigenvalue weighted by molar-refractivity contribution is 7.80. The minimum atomic E-state index is 0.887. The van der Waals surface area contributed by atoms with Crippen molar-refractivity contribution in [3.8, 4) is 0 Å². The van der Waals surface area contributed by atoms with Crippen LogP contribution in [0.5, 0.6) is 0 Å². The first kappa shape index (κ1) is 17.4. The van der Waals surface area contributed by atoms with Gasteiger partial charge in [-0.05, 0) is 51.4 Å². The molecule has 2 aromatic rings. The molecule has 1 N–H and O–H groups in total. The summed E-state index contributed by atoms with van der Waals surface area (Å²) in [5, 5.41) is 5.40. The summed E-state index contributed by atoms with van der Waals surface area (Å²) >= 11 is 7.31. The van der Waals surface area contributed by atoms with Gasteiger partial charge in [-0.2, -0.15) is 0 Å². The van der Waals surface area contributed by atoms with Crippen molar-refractivity contribution in [1.82, 2.24) is 20.1 Å². The van der Waals surface area contributed by atoms with Crippen LogP contribution in [0, 0.1) is 0 Å². The number of para-hydroxylation sites is 1. The Morgan fingerprint density at radius 1 is 1.25 bits per heavy atom. The smallest absolute Gasteiger partial charge is 0.186 e. The van der Waals surface area contributed by atoms with E-state index in [0.717, 1.165) is 61.5 Å². The van der Waals surface area contributed by atoms with Gasteiger partial charge in [0.05, 0.1) is 10.2 Å². The monoisotopic (exact) mass is 363 g/mol. The molecule has 5 nitrogen and oxygen atoms in total. The number of benzene rings is 1. The van der Waals surface area contributed by atoms with E-state index in [1.165, 1.54) is 4.70 Å². The average molecular weight is 364 g/mol. The molecule has 0 aliphatic carbocycles. The minimum absolute atomic E-state index is 0.887. The van der Waals surface area contributed by atoms with Crippen molar-refractivity contribution in [3.63, 3.8) is 0 Å².